The van der Waals surface area contributed by atoms with Gasteiger partial charge in [0.2, 0.25) is 0 Å². The second kappa shape index (κ2) is 41.3. The van der Waals surface area contributed by atoms with Crippen LogP contribution in [0.25, 0.3) is 0 Å². The van der Waals surface area contributed by atoms with Crippen molar-refractivity contribution in [3.8, 4) is 23.0 Å². The summed E-state index contributed by atoms with van der Waals surface area (Å²) in [7, 11) is 0. The Morgan fingerprint density at radius 3 is 0.658 bits per heavy atom. The summed E-state index contributed by atoms with van der Waals surface area (Å²) < 4.78 is 58.4. The number of aliphatic hydroxyl groups is 16. The topological polar surface area (TPSA) is 520 Å². The molecule has 20 atom stereocenters. The fourth-order valence-corrected chi connectivity index (χ4v) is 16.7. The number of aryl methyl sites for hydroxylation is 8. The fourth-order valence-electron chi connectivity index (χ4n) is 16.7. The van der Waals surface area contributed by atoms with E-state index in [1.165, 1.54) is 0 Å². The molecule has 0 radical (unpaired) electrons. The van der Waals surface area contributed by atoms with Gasteiger partial charge in [-0.15, -0.1) is 20.4 Å². The molecule has 4 aromatic carbocycles. The van der Waals surface area contributed by atoms with Crippen LogP contribution in [0.2, 0.25) is 0 Å². The number of fused-ring (bicyclic) bond motifs is 8. The maximum absolute atomic E-state index is 11.0. The number of aliphatic hydroxyl groups excluding tert-OH is 16. The number of hydrogen-bond acceptors (Lipinski definition) is 32. The Hall–Kier alpha value is -8.16. The number of rotatable bonds is 36. The van der Waals surface area contributed by atoms with Gasteiger partial charge < -0.3 is 120 Å². The van der Waals surface area contributed by atoms with Gasteiger partial charge in [0.05, 0.1) is 77.6 Å². The molecular formula is C84H116N12O24. The quantitative estimate of drug-likeness (QED) is 0.0254. The molecule has 4 saturated heterocycles. The van der Waals surface area contributed by atoms with Gasteiger partial charge in [-0.25, -0.2) is 0 Å². The van der Waals surface area contributed by atoms with Gasteiger partial charge in [-0.05, 0) is 144 Å². The molecule has 8 heterocycles. The maximum atomic E-state index is 11.0. The molecule has 0 amide bonds. The average Bonchev–Trinajstić information content (AvgIpc) is 1.17. The number of benzene rings is 4. The van der Waals surface area contributed by atoms with Crippen molar-refractivity contribution in [2.45, 2.75) is 279 Å². The van der Waals surface area contributed by atoms with Gasteiger partial charge in [-0.2, -0.15) is 0 Å². The summed E-state index contributed by atoms with van der Waals surface area (Å²) in [5.74, 6) is 2.77. The molecule has 656 valence electrons. The standard InChI is InChI=1S/C84H116N12O24/c1-5-21-113-77-49-25-45(13-9-17-93-37-57(85-89-93)81-73(109)69(105)65(101)61(41-97)117-81)26-50(77)34-52-28-47(15-11-19-95-39-59(87-91-95)83-75(111)71(107)67(103)63(43-99)119-83)30-54(79(52)115-23-7-3)36-56-32-48(16-12-20-96-40-60(88-92-96)84-76(112)72(108)68(104)64(44-100)120-84)31-55(80(56)116-24-8-4)35-53-29-46(27-51(33-49)78(53)114-22-6-2)14-10-18-94-38-58(86-90-94)82-74(110)70(106)66(102)62(42-98)118-82/h25-32,37-40,61-76,81-84,97-112H,5-24,33-36,41-44H2,1-4H3/t61-,62-,63-,64-,65-,66-,67-,68-,69+,70+,71+,72+,73-,74-,75-,76-,81+,82+,83+,84+/m1/s1. The molecule has 36 heteroatoms. The Kier molecular flexibility index (Phi) is 30.9. The van der Waals surface area contributed by atoms with E-state index in [0.717, 1.165) is 66.8 Å². The van der Waals surface area contributed by atoms with E-state index >= 15 is 0 Å². The molecule has 4 fully saturated rings. The Labute approximate surface area is 694 Å². The van der Waals surface area contributed by atoms with Gasteiger partial charge in [-0.1, -0.05) is 97.1 Å². The molecule has 0 spiro atoms. The smallest absolute Gasteiger partial charge is 0.132 e. The van der Waals surface area contributed by atoms with Crippen molar-refractivity contribution in [3.05, 3.63) is 163 Å². The van der Waals surface area contributed by atoms with Crippen LogP contribution in [-0.4, -0.2) is 292 Å². The molecule has 16 N–H and O–H groups in total. The highest BCUT2D eigenvalue weighted by molar-refractivity contribution is 5.59. The molecule has 5 aliphatic rings. The van der Waals surface area contributed by atoms with Gasteiger partial charge in [0.1, 0.15) is 168 Å². The lowest BCUT2D eigenvalue weighted by atomic mass is 9.87. The summed E-state index contributed by atoms with van der Waals surface area (Å²) in [5, 5.41) is 204. The minimum atomic E-state index is -1.61. The van der Waals surface area contributed by atoms with Crippen molar-refractivity contribution in [3.63, 3.8) is 0 Å². The van der Waals surface area contributed by atoms with Gasteiger partial charge in [0.15, 0.2) is 0 Å². The summed E-state index contributed by atoms with van der Waals surface area (Å²) in [6.45, 7) is 8.76. The summed E-state index contributed by atoms with van der Waals surface area (Å²) in [4.78, 5) is 0. The van der Waals surface area contributed by atoms with E-state index in [4.69, 9.17) is 37.9 Å². The van der Waals surface area contributed by atoms with Crippen LogP contribution < -0.4 is 18.9 Å². The number of nitrogens with zero attached hydrogens (tertiary/aromatic N) is 12. The molecule has 0 unspecified atom stereocenters. The van der Waals surface area contributed by atoms with Crippen LogP contribution in [0.15, 0.2) is 73.3 Å². The summed E-state index contributed by atoms with van der Waals surface area (Å²) in [6, 6.07) is 17.5. The van der Waals surface area contributed by atoms with Crippen molar-refractivity contribution < 1.29 is 120 Å². The summed E-state index contributed by atoms with van der Waals surface area (Å²) in [6.07, 6.45) is -13.3. The first-order chi connectivity index (χ1) is 58.0. The minimum absolute atomic E-state index is 0.213. The lowest BCUT2D eigenvalue weighted by Crippen LogP contribution is -2.55. The van der Waals surface area contributed by atoms with Crippen molar-refractivity contribution in [2.75, 3.05) is 52.9 Å². The predicted octanol–water partition coefficient (Wildman–Crippen LogP) is 0.475. The van der Waals surface area contributed by atoms with Crippen molar-refractivity contribution in [1.82, 2.24) is 60.0 Å². The maximum Gasteiger partial charge on any atom is 0.132 e. The van der Waals surface area contributed by atoms with Crippen molar-refractivity contribution in [1.29, 1.82) is 0 Å². The van der Waals surface area contributed by atoms with Crippen LogP contribution in [0.1, 0.15) is 193 Å². The molecule has 4 aliphatic heterocycles. The molecule has 8 aromatic rings. The van der Waals surface area contributed by atoms with E-state index in [2.05, 4.69) is 117 Å². The van der Waals surface area contributed by atoms with Crippen LogP contribution >= 0.6 is 0 Å². The molecular weight excluding hydrogens is 1560 g/mol. The Morgan fingerprint density at radius 2 is 0.483 bits per heavy atom. The SMILES string of the molecule is CCCOc1c2cc(CCCn3cc([C@@H]4O[C@H](CO)[C@@H](O)[C@H](O)[C@H]4O)nn3)cc1Cc1cc(CCCn3cc([C@@H]4O[C@H](CO)[C@@H](O)[C@H](O)[C@H]4O)nn3)cc(c1OCCC)Cc1cc(CCCn3cc([C@@H]4O[C@H](CO)[C@@H](O)[C@H](O)[C@H]4O)nn3)cc(c1OCCC)Cc1cc(CCCn3cc([C@@H]4O[C@H](CO)[C@@H](O)[C@H](O)[C@H]4O)nn3)cc(c1OCCC)C2. The first-order valence-electron chi connectivity index (χ1n) is 42.0. The van der Waals surface area contributed by atoms with Gasteiger partial charge >= 0.3 is 0 Å². The number of hydrogen-bond donors (Lipinski definition) is 16. The van der Waals surface area contributed by atoms with Gasteiger partial charge in [0.25, 0.3) is 0 Å². The van der Waals surface area contributed by atoms with Crippen LogP contribution in [-0.2, 0) is 96.5 Å². The van der Waals surface area contributed by atoms with Gasteiger partial charge in [0, 0.05) is 51.9 Å². The second-order valence-corrected chi connectivity index (χ2v) is 32.1. The van der Waals surface area contributed by atoms with Crippen molar-refractivity contribution in [2.24, 2.45) is 0 Å². The Bertz CT molecular complexity index is 3960. The van der Waals surface area contributed by atoms with Crippen LogP contribution in [0.5, 0.6) is 23.0 Å². The second-order valence-electron chi connectivity index (χ2n) is 32.1. The first kappa shape index (κ1) is 89.6. The summed E-state index contributed by atoms with van der Waals surface area (Å²) in [5.41, 5.74) is 11.8. The Morgan fingerprint density at radius 1 is 0.292 bits per heavy atom. The lowest BCUT2D eigenvalue weighted by molar-refractivity contribution is -0.232. The number of aromatic nitrogens is 12. The average molecular weight is 1680 g/mol. The molecule has 0 saturated carbocycles. The van der Waals surface area contributed by atoms with E-state index in [9.17, 15) is 81.7 Å². The lowest BCUT2D eigenvalue weighted by Gasteiger charge is -2.39. The van der Waals surface area contributed by atoms with E-state index in [1.807, 2.05) is 0 Å². The van der Waals surface area contributed by atoms with Crippen LogP contribution in [0.3, 0.4) is 0 Å². The zero-order valence-electron chi connectivity index (χ0n) is 68.1. The highest BCUT2D eigenvalue weighted by atomic mass is 16.6. The summed E-state index contributed by atoms with van der Waals surface area (Å²) >= 11 is 0. The van der Waals surface area contributed by atoms with E-state index in [-0.39, 0.29) is 22.8 Å². The monoisotopic (exact) mass is 1680 g/mol. The van der Waals surface area contributed by atoms with Gasteiger partial charge in [-0.3, -0.25) is 18.7 Å². The third-order valence-corrected chi connectivity index (χ3v) is 22.9. The predicted molar refractivity (Wildman–Crippen MR) is 424 cm³/mol. The molecule has 4 aromatic heterocycles. The van der Waals surface area contributed by atoms with Crippen LogP contribution in [0, 0.1) is 0 Å². The van der Waals surface area contributed by atoms with Crippen LogP contribution in [0.4, 0.5) is 0 Å². The highest BCUT2D eigenvalue weighted by Crippen LogP contribution is 2.44. The first-order valence-corrected chi connectivity index (χ1v) is 42.0. The fraction of sp³-hybridized carbons (Fsp3) is 0.619. The molecule has 36 nitrogen and oxygen atoms in total. The molecule has 13 rings (SSSR count). The molecule has 120 heavy (non-hydrogen) atoms. The largest absolute Gasteiger partial charge is 0.493 e. The normalized spacial score (nSPS) is 27.7. The van der Waals surface area contributed by atoms with E-state index in [0.29, 0.717) is 178 Å². The van der Waals surface area contributed by atoms with Crippen molar-refractivity contribution >= 4 is 0 Å². The highest BCUT2D eigenvalue weighted by Gasteiger charge is 2.49. The van der Waals surface area contributed by atoms with E-state index < -0.39 is 149 Å². The molecule has 1 aliphatic carbocycles. The number of ether oxygens (including phenoxy) is 8. The zero-order chi connectivity index (χ0) is 85.0. The zero-order valence-corrected chi connectivity index (χ0v) is 68.1. The minimum Gasteiger partial charge on any atom is -0.493 e. The third kappa shape index (κ3) is 20.5. The Balaban J connectivity index is 0.921. The molecule has 8 bridgehead atoms. The van der Waals surface area contributed by atoms with E-state index in [1.54, 1.807) is 43.5 Å². The third-order valence-electron chi connectivity index (χ3n) is 22.9.